The molecule has 19 heavy (non-hydrogen) atoms. The molecule has 1 aromatic carbocycles. The zero-order valence-corrected chi connectivity index (χ0v) is 12.2. The predicted octanol–water partition coefficient (Wildman–Crippen LogP) is 4.98. The topological polar surface area (TPSA) is 12.0 Å². The summed E-state index contributed by atoms with van der Waals surface area (Å²) in [5.41, 5.74) is 1.22. The van der Waals surface area contributed by atoms with E-state index in [0.717, 1.165) is 12.8 Å². The lowest BCUT2D eigenvalue weighted by molar-refractivity contribution is 0.105. The number of hydrogen-bond acceptors (Lipinski definition) is 1. The molecule has 0 amide bonds. The number of hydrogen-bond donors (Lipinski definition) is 1. The van der Waals surface area contributed by atoms with Crippen LogP contribution < -0.4 is 5.32 Å². The molecule has 0 heterocycles. The van der Waals surface area contributed by atoms with Crippen LogP contribution in [-0.2, 0) is 0 Å². The molecule has 1 N–H and O–H groups in total. The summed E-state index contributed by atoms with van der Waals surface area (Å²) < 4.78 is 26.1. The SMILES string of the molecule is CC1(C)CC(Nc2ccc(F)c(F)c2)CC(C)(C)C1. The van der Waals surface area contributed by atoms with Crippen molar-refractivity contribution >= 4 is 5.69 Å². The lowest BCUT2D eigenvalue weighted by Gasteiger charge is -2.45. The van der Waals surface area contributed by atoms with E-state index in [1.165, 1.54) is 18.6 Å². The molecular formula is C16H23F2N. The second kappa shape index (κ2) is 4.77. The third-order valence-corrected chi connectivity index (χ3v) is 3.85. The Labute approximate surface area is 114 Å². The van der Waals surface area contributed by atoms with Crippen LogP contribution in [-0.4, -0.2) is 6.04 Å². The maximum Gasteiger partial charge on any atom is 0.160 e. The van der Waals surface area contributed by atoms with Crippen LogP contribution >= 0.6 is 0 Å². The summed E-state index contributed by atoms with van der Waals surface area (Å²) in [5, 5.41) is 3.35. The third-order valence-electron chi connectivity index (χ3n) is 3.85. The van der Waals surface area contributed by atoms with E-state index in [1.54, 1.807) is 6.07 Å². The monoisotopic (exact) mass is 267 g/mol. The molecular weight excluding hydrogens is 244 g/mol. The van der Waals surface area contributed by atoms with Crippen molar-refractivity contribution in [2.45, 2.75) is 53.0 Å². The largest absolute Gasteiger partial charge is 0.382 e. The van der Waals surface area contributed by atoms with Gasteiger partial charge in [0.25, 0.3) is 0 Å². The minimum absolute atomic E-state index is 0.276. The van der Waals surface area contributed by atoms with Gasteiger partial charge in [-0.15, -0.1) is 0 Å². The standard InChI is InChI=1S/C16H23F2N/c1-15(2)8-12(9-16(3,4)10-15)19-11-5-6-13(17)14(18)7-11/h5-7,12,19H,8-10H2,1-4H3. The van der Waals surface area contributed by atoms with Crippen molar-refractivity contribution in [3.63, 3.8) is 0 Å². The molecule has 0 aliphatic heterocycles. The molecule has 1 aromatic rings. The van der Waals surface area contributed by atoms with E-state index in [4.69, 9.17) is 0 Å². The minimum Gasteiger partial charge on any atom is -0.382 e. The van der Waals surface area contributed by atoms with Crippen LogP contribution in [0.15, 0.2) is 18.2 Å². The van der Waals surface area contributed by atoms with Gasteiger partial charge in [0.05, 0.1) is 0 Å². The lowest BCUT2D eigenvalue weighted by Crippen LogP contribution is -2.40. The molecule has 0 atom stereocenters. The van der Waals surface area contributed by atoms with Crippen LogP contribution in [0.25, 0.3) is 0 Å². The summed E-state index contributed by atoms with van der Waals surface area (Å²) in [6, 6.07) is 4.33. The average Bonchev–Trinajstić information content (AvgIpc) is 2.18. The summed E-state index contributed by atoms with van der Waals surface area (Å²) in [6.45, 7) is 9.09. The van der Waals surface area contributed by atoms with Gasteiger partial charge in [0, 0.05) is 17.8 Å². The predicted molar refractivity (Wildman–Crippen MR) is 75.2 cm³/mol. The van der Waals surface area contributed by atoms with Crippen molar-refractivity contribution in [3.8, 4) is 0 Å². The highest BCUT2D eigenvalue weighted by Gasteiger charge is 2.38. The lowest BCUT2D eigenvalue weighted by atomic mass is 9.63. The molecule has 0 bridgehead atoms. The van der Waals surface area contributed by atoms with Crippen LogP contribution in [0.4, 0.5) is 14.5 Å². The van der Waals surface area contributed by atoms with Crippen molar-refractivity contribution in [2.24, 2.45) is 10.8 Å². The zero-order chi connectivity index (χ0) is 14.3. The third kappa shape index (κ3) is 3.68. The van der Waals surface area contributed by atoms with E-state index < -0.39 is 11.6 Å². The zero-order valence-electron chi connectivity index (χ0n) is 12.2. The molecule has 0 spiro atoms. The molecule has 0 unspecified atom stereocenters. The second-order valence-corrected chi connectivity index (χ2v) is 7.38. The van der Waals surface area contributed by atoms with Gasteiger partial charge in [-0.1, -0.05) is 27.7 Å². The van der Waals surface area contributed by atoms with Gasteiger partial charge in [0.15, 0.2) is 11.6 Å². The van der Waals surface area contributed by atoms with E-state index >= 15 is 0 Å². The maximum absolute atomic E-state index is 13.2. The first kappa shape index (κ1) is 14.3. The number of halogens is 2. The molecule has 1 aliphatic rings. The summed E-state index contributed by atoms with van der Waals surface area (Å²) in [7, 11) is 0. The molecule has 0 aromatic heterocycles. The maximum atomic E-state index is 13.2. The molecule has 2 rings (SSSR count). The second-order valence-electron chi connectivity index (χ2n) is 7.38. The van der Waals surface area contributed by atoms with Crippen LogP contribution in [0.5, 0.6) is 0 Å². The Morgan fingerprint density at radius 3 is 2.11 bits per heavy atom. The Kier molecular flexibility index (Phi) is 3.59. The van der Waals surface area contributed by atoms with E-state index in [2.05, 4.69) is 33.0 Å². The minimum atomic E-state index is -0.796. The fourth-order valence-corrected chi connectivity index (χ4v) is 3.77. The van der Waals surface area contributed by atoms with Gasteiger partial charge < -0.3 is 5.32 Å². The summed E-state index contributed by atoms with van der Waals surface area (Å²) >= 11 is 0. The van der Waals surface area contributed by atoms with Crippen molar-refractivity contribution in [3.05, 3.63) is 29.8 Å². The Bertz CT molecular complexity index is 450. The van der Waals surface area contributed by atoms with Gasteiger partial charge in [-0.2, -0.15) is 0 Å². The molecule has 3 heteroatoms. The van der Waals surface area contributed by atoms with Gasteiger partial charge in [0.2, 0.25) is 0 Å². The van der Waals surface area contributed by atoms with Crippen molar-refractivity contribution in [1.82, 2.24) is 0 Å². The van der Waals surface area contributed by atoms with Crippen molar-refractivity contribution in [1.29, 1.82) is 0 Å². The van der Waals surface area contributed by atoms with Crippen molar-refractivity contribution < 1.29 is 8.78 Å². The Balaban J connectivity index is 2.11. The molecule has 0 saturated heterocycles. The van der Waals surface area contributed by atoms with Crippen LogP contribution in [0, 0.1) is 22.5 Å². The fraction of sp³-hybridized carbons (Fsp3) is 0.625. The highest BCUT2D eigenvalue weighted by molar-refractivity contribution is 5.44. The van der Waals surface area contributed by atoms with E-state index in [1.807, 2.05) is 0 Å². The highest BCUT2D eigenvalue weighted by Crippen LogP contribution is 2.46. The number of anilines is 1. The summed E-state index contributed by atoms with van der Waals surface area (Å²) in [6.07, 6.45) is 3.29. The van der Waals surface area contributed by atoms with Crippen molar-refractivity contribution in [2.75, 3.05) is 5.32 Å². The molecule has 1 aliphatic carbocycles. The summed E-state index contributed by atoms with van der Waals surface area (Å²) in [5.74, 6) is -1.59. The molecule has 0 radical (unpaired) electrons. The Morgan fingerprint density at radius 1 is 1.00 bits per heavy atom. The van der Waals surface area contributed by atoms with Crippen LogP contribution in [0.2, 0.25) is 0 Å². The number of rotatable bonds is 2. The van der Waals surface area contributed by atoms with Gasteiger partial charge in [-0.05, 0) is 42.2 Å². The first-order valence-corrected chi connectivity index (χ1v) is 6.89. The smallest absolute Gasteiger partial charge is 0.160 e. The highest BCUT2D eigenvalue weighted by atomic mass is 19.2. The van der Waals surface area contributed by atoms with Crippen LogP contribution in [0.1, 0.15) is 47.0 Å². The quantitative estimate of drug-likeness (QED) is 0.796. The Morgan fingerprint density at radius 2 is 1.58 bits per heavy atom. The van der Waals surface area contributed by atoms with Gasteiger partial charge in [-0.25, -0.2) is 8.78 Å². The van der Waals surface area contributed by atoms with E-state index in [9.17, 15) is 8.78 Å². The van der Waals surface area contributed by atoms with Gasteiger partial charge in [0.1, 0.15) is 0 Å². The molecule has 1 fully saturated rings. The molecule has 1 saturated carbocycles. The molecule has 1 nitrogen and oxygen atoms in total. The first-order chi connectivity index (χ1) is 8.67. The summed E-state index contributed by atoms with van der Waals surface area (Å²) in [4.78, 5) is 0. The van der Waals surface area contributed by atoms with Gasteiger partial charge in [-0.3, -0.25) is 0 Å². The normalized spacial score (nSPS) is 22.2. The van der Waals surface area contributed by atoms with E-state index in [0.29, 0.717) is 11.7 Å². The van der Waals surface area contributed by atoms with E-state index in [-0.39, 0.29) is 10.8 Å². The Hall–Kier alpha value is -1.12. The number of benzene rings is 1. The average molecular weight is 267 g/mol. The van der Waals surface area contributed by atoms with Crippen LogP contribution in [0.3, 0.4) is 0 Å². The fourth-order valence-electron chi connectivity index (χ4n) is 3.77. The molecule has 106 valence electrons. The van der Waals surface area contributed by atoms with Gasteiger partial charge >= 0.3 is 0 Å². The number of nitrogens with one attached hydrogen (secondary N) is 1. The first-order valence-electron chi connectivity index (χ1n) is 6.89.